The van der Waals surface area contributed by atoms with Gasteiger partial charge in [0.15, 0.2) is 0 Å². The number of rotatable bonds is 8. The highest BCUT2D eigenvalue weighted by atomic mass is 16.5. The van der Waals surface area contributed by atoms with E-state index < -0.39 is 6.09 Å². The van der Waals surface area contributed by atoms with E-state index in [1.807, 2.05) is 24.3 Å². The highest BCUT2D eigenvalue weighted by Gasteiger charge is 2.31. The van der Waals surface area contributed by atoms with Gasteiger partial charge in [-0.15, -0.1) is 0 Å². The summed E-state index contributed by atoms with van der Waals surface area (Å²) in [7, 11) is 0. The van der Waals surface area contributed by atoms with Gasteiger partial charge in [0.25, 0.3) is 0 Å². The molecule has 0 bridgehead atoms. The minimum Gasteiger partial charge on any atom is -0.449 e. The fraction of sp³-hybridized carbons (Fsp3) is 0.361. The molecule has 3 aromatic rings. The van der Waals surface area contributed by atoms with Gasteiger partial charge in [-0.05, 0) is 69.9 Å². The van der Waals surface area contributed by atoms with E-state index in [2.05, 4.69) is 99.4 Å². The van der Waals surface area contributed by atoms with Gasteiger partial charge in [0.1, 0.15) is 6.61 Å². The molecule has 2 aliphatic rings. The molecule has 3 heteroatoms. The number of ether oxygens (including phenoxy) is 1. The Morgan fingerprint density at radius 2 is 1.62 bits per heavy atom. The van der Waals surface area contributed by atoms with Gasteiger partial charge in [-0.2, -0.15) is 0 Å². The van der Waals surface area contributed by atoms with Crippen LogP contribution in [0.4, 0.5) is 4.79 Å². The van der Waals surface area contributed by atoms with Crippen LogP contribution < -0.4 is 5.32 Å². The van der Waals surface area contributed by atoms with Gasteiger partial charge in [0, 0.05) is 5.92 Å². The van der Waals surface area contributed by atoms with Crippen molar-refractivity contribution >= 4 is 12.2 Å². The summed E-state index contributed by atoms with van der Waals surface area (Å²) in [5, 5.41) is 3.18. The molecule has 1 fully saturated rings. The third kappa shape index (κ3) is 5.88. The zero-order chi connectivity index (χ0) is 27.4. The standard InChI is InChI=1S/C36H41NO2/c1-5-26-12-6-7-13-29(26)35(21-19-27-22-25(4)18-20-28(27)24(2)3)37-36(38)39-23-34-32-16-10-8-14-30(32)31-15-9-11-17-33(31)34/h5-17,19,21,24-25,27-28,34-35H,1,18,20,22-23H2,2-4H3,(H,37,38)/t25-,27-,28+,35-/m1/s1. The Kier molecular flexibility index (Phi) is 8.35. The number of nitrogens with one attached hydrogen (secondary N) is 1. The molecule has 1 amide bonds. The normalized spacial score (nSPS) is 21.4. The summed E-state index contributed by atoms with van der Waals surface area (Å²) in [6.45, 7) is 11.3. The second kappa shape index (κ2) is 12.1. The first-order valence-electron chi connectivity index (χ1n) is 14.5. The summed E-state index contributed by atoms with van der Waals surface area (Å²) in [5.41, 5.74) is 6.93. The second-order valence-electron chi connectivity index (χ2n) is 11.7. The predicted molar refractivity (Wildman–Crippen MR) is 161 cm³/mol. The highest BCUT2D eigenvalue weighted by molar-refractivity contribution is 5.79. The van der Waals surface area contributed by atoms with Crippen LogP contribution >= 0.6 is 0 Å². The first-order valence-corrected chi connectivity index (χ1v) is 14.5. The number of hydrogen-bond acceptors (Lipinski definition) is 2. The number of alkyl carbamates (subject to hydrolysis) is 1. The Hall–Kier alpha value is -3.59. The molecule has 0 aliphatic heterocycles. The highest BCUT2D eigenvalue weighted by Crippen LogP contribution is 2.44. The first kappa shape index (κ1) is 27.0. The number of hydrogen-bond donors (Lipinski definition) is 1. The molecule has 2 aliphatic carbocycles. The monoisotopic (exact) mass is 519 g/mol. The van der Waals surface area contributed by atoms with Crippen molar-refractivity contribution in [3.05, 3.63) is 114 Å². The molecule has 4 atom stereocenters. The average molecular weight is 520 g/mol. The van der Waals surface area contributed by atoms with E-state index in [0.717, 1.165) is 17.0 Å². The van der Waals surface area contributed by atoms with Crippen LogP contribution in [0.15, 0.2) is 91.5 Å². The van der Waals surface area contributed by atoms with Crippen molar-refractivity contribution in [1.82, 2.24) is 5.32 Å². The number of allylic oxidation sites excluding steroid dienone is 1. The largest absolute Gasteiger partial charge is 0.449 e. The van der Waals surface area contributed by atoms with Crippen LogP contribution in [0.2, 0.25) is 0 Å². The molecule has 0 aromatic heterocycles. The quantitative estimate of drug-likeness (QED) is 0.301. The van der Waals surface area contributed by atoms with E-state index in [0.29, 0.717) is 24.4 Å². The van der Waals surface area contributed by atoms with Crippen LogP contribution in [-0.4, -0.2) is 12.7 Å². The minimum atomic E-state index is -0.400. The van der Waals surface area contributed by atoms with Gasteiger partial charge in [-0.25, -0.2) is 4.79 Å². The fourth-order valence-corrected chi connectivity index (χ4v) is 6.73. The Labute approximate surface area is 234 Å². The van der Waals surface area contributed by atoms with E-state index in [4.69, 9.17) is 4.74 Å². The van der Waals surface area contributed by atoms with Crippen LogP contribution in [0.25, 0.3) is 17.2 Å². The number of carbonyl (C=O) groups excluding carboxylic acids is 1. The molecular formula is C36H41NO2. The fourth-order valence-electron chi connectivity index (χ4n) is 6.73. The summed E-state index contributed by atoms with van der Waals surface area (Å²) in [6, 6.07) is 24.7. The second-order valence-corrected chi connectivity index (χ2v) is 11.7. The Morgan fingerprint density at radius 3 is 2.28 bits per heavy atom. The lowest BCUT2D eigenvalue weighted by molar-refractivity contribution is 0.140. The molecule has 3 aromatic carbocycles. The van der Waals surface area contributed by atoms with Crippen LogP contribution in [0.1, 0.15) is 74.2 Å². The summed E-state index contributed by atoms with van der Waals surface area (Å²) in [5.74, 6) is 2.58. The topological polar surface area (TPSA) is 38.3 Å². The molecule has 0 radical (unpaired) electrons. The number of fused-ring (bicyclic) bond motifs is 3. The molecule has 0 unspecified atom stereocenters. The van der Waals surface area contributed by atoms with Crippen LogP contribution in [0.5, 0.6) is 0 Å². The van der Waals surface area contributed by atoms with Gasteiger partial charge in [-0.3, -0.25) is 0 Å². The van der Waals surface area contributed by atoms with E-state index in [9.17, 15) is 4.79 Å². The van der Waals surface area contributed by atoms with Crippen molar-refractivity contribution in [3.63, 3.8) is 0 Å². The van der Waals surface area contributed by atoms with E-state index in [-0.39, 0.29) is 12.0 Å². The summed E-state index contributed by atoms with van der Waals surface area (Å²) in [6.07, 6.45) is 9.75. The van der Waals surface area contributed by atoms with Gasteiger partial charge < -0.3 is 10.1 Å². The number of benzene rings is 3. The molecule has 0 heterocycles. The van der Waals surface area contributed by atoms with E-state index in [1.165, 1.54) is 41.5 Å². The molecule has 0 saturated heterocycles. The van der Waals surface area contributed by atoms with Crippen LogP contribution in [0, 0.1) is 23.7 Å². The lowest BCUT2D eigenvalue weighted by atomic mass is 9.70. The van der Waals surface area contributed by atoms with Crippen molar-refractivity contribution in [3.8, 4) is 11.1 Å². The van der Waals surface area contributed by atoms with Crippen LogP contribution in [-0.2, 0) is 4.74 Å². The minimum absolute atomic E-state index is 0.0353. The van der Waals surface area contributed by atoms with Crippen molar-refractivity contribution in [2.24, 2.45) is 23.7 Å². The Morgan fingerprint density at radius 1 is 0.974 bits per heavy atom. The molecule has 5 rings (SSSR count). The molecular weight excluding hydrogens is 478 g/mol. The average Bonchev–Trinajstić information content (AvgIpc) is 3.27. The van der Waals surface area contributed by atoms with Crippen molar-refractivity contribution in [2.75, 3.05) is 6.61 Å². The zero-order valence-corrected chi connectivity index (χ0v) is 23.5. The predicted octanol–water partition coefficient (Wildman–Crippen LogP) is 9.17. The maximum absolute atomic E-state index is 13.3. The number of amides is 1. The van der Waals surface area contributed by atoms with Gasteiger partial charge in [-0.1, -0.05) is 125 Å². The first-order chi connectivity index (χ1) is 19.0. The van der Waals surface area contributed by atoms with Crippen LogP contribution in [0.3, 0.4) is 0 Å². The zero-order valence-electron chi connectivity index (χ0n) is 23.5. The van der Waals surface area contributed by atoms with Crippen molar-refractivity contribution in [1.29, 1.82) is 0 Å². The van der Waals surface area contributed by atoms with Gasteiger partial charge >= 0.3 is 6.09 Å². The molecule has 1 saturated carbocycles. The molecule has 0 spiro atoms. The summed E-state index contributed by atoms with van der Waals surface area (Å²) >= 11 is 0. The third-order valence-electron chi connectivity index (χ3n) is 8.79. The smallest absolute Gasteiger partial charge is 0.407 e. The van der Waals surface area contributed by atoms with Crippen molar-refractivity contribution < 1.29 is 9.53 Å². The molecule has 3 nitrogen and oxygen atoms in total. The molecule has 202 valence electrons. The van der Waals surface area contributed by atoms with Gasteiger partial charge in [0.2, 0.25) is 0 Å². The van der Waals surface area contributed by atoms with E-state index >= 15 is 0 Å². The summed E-state index contributed by atoms with van der Waals surface area (Å²) < 4.78 is 5.92. The van der Waals surface area contributed by atoms with Gasteiger partial charge in [0.05, 0.1) is 6.04 Å². The Balaban J connectivity index is 1.35. The lowest BCUT2D eigenvalue weighted by Gasteiger charge is -2.36. The lowest BCUT2D eigenvalue weighted by Crippen LogP contribution is -2.30. The maximum atomic E-state index is 13.3. The van der Waals surface area contributed by atoms with E-state index in [1.54, 1.807) is 0 Å². The SMILES string of the molecule is C=Cc1ccccc1[C@@H](C=C[C@@H]1C[C@H](C)CC[C@H]1C(C)C)NC(=O)OCC1c2ccccc2-c2ccccc21. The summed E-state index contributed by atoms with van der Waals surface area (Å²) in [4.78, 5) is 13.3. The third-order valence-corrected chi connectivity index (χ3v) is 8.79. The maximum Gasteiger partial charge on any atom is 0.407 e. The molecule has 39 heavy (non-hydrogen) atoms. The molecule has 1 N–H and O–H groups in total. The number of carbonyl (C=O) groups is 1. The Bertz CT molecular complexity index is 1290. The van der Waals surface area contributed by atoms with Crippen molar-refractivity contribution in [2.45, 2.75) is 52.0 Å².